The predicted molar refractivity (Wildman–Crippen MR) is 78.7 cm³/mol. The van der Waals surface area contributed by atoms with E-state index in [2.05, 4.69) is 0 Å². The summed E-state index contributed by atoms with van der Waals surface area (Å²) in [4.78, 5) is 13.0. The number of aliphatic hydroxyl groups is 1. The van der Waals surface area contributed by atoms with Gasteiger partial charge in [-0.15, -0.1) is 0 Å². The first kappa shape index (κ1) is 15.8. The van der Waals surface area contributed by atoms with Crippen LogP contribution in [0.15, 0.2) is 24.3 Å². The number of carbonyl (C=O) groups excluding carboxylic acids is 1. The molecule has 1 saturated heterocycles. The lowest BCUT2D eigenvalue weighted by Crippen LogP contribution is -3.11. The third-order valence-electron chi connectivity index (χ3n) is 3.64. The van der Waals surface area contributed by atoms with E-state index in [-0.39, 0.29) is 12.6 Å². The smallest absolute Gasteiger partial charge is 0.338 e. The molecule has 1 heterocycles. The van der Waals surface area contributed by atoms with Crippen LogP contribution in [0.4, 0.5) is 0 Å². The fourth-order valence-electron chi connectivity index (χ4n) is 2.57. The molecule has 0 aliphatic carbocycles. The lowest BCUT2D eigenvalue weighted by molar-refractivity contribution is -0.890. The SMILES string of the molecule is CCOC(=O)c1ccc(OC[C@H](O)C[NH+]2CCCC2)cc1. The molecular weight excluding hydrogens is 270 g/mol. The van der Waals surface area contributed by atoms with Crippen LogP contribution in [-0.4, -0.2) is 50.0 Å². The normalized spacial score (nSPS) is 16.7. The van der Waals surface area contributed by atoms with E-state index in [1.807, 2.05) is 0 Å². The molecule has 2 rings (SSSR count). The minimum atomic E-state index is -0.456. The van der Waals surface area contributed by atoms with Gasteiger partial charge in [0.2, 0.25) is 0 Å². The molecule has 0 radical (unpaired) electrons. The highest BCUT2D eigenvalue weighted by molar-refractivity contribution is 5.89. The maximum absolute atomic E-state index is 11.5. The number of rotatable bonds is 7. The van der Waals surface area contributed by atoms with Crippen molar-refractivity contribution in [2.75, 3.05) is 32.8 Å². The van der Waals surface area contributed by atoms with Crippen LogP contribution in [0.5, 0.6) is 5.75 Å². The Labute approximate surface area is 125 Å². The zero-order valence-electron chi connectivity index (χ0n) is 12.5. The molecule has 1 aliphatic heterocycles. The van der Waals surface area contributed by atoms with E-state index in [4.69, 9.17) is 9.47 Å². The van der Waals surface area contributed by atoms with E-state index >= 15 is 0 Å². The molecule has 0 amide bonds. The molecule has 0 bridgehead atoms. The lowest BCUT2D eigenvalue weighted by atomic mass is 10.2. The first-order valence-electron chi connectivity index (χ1n) is 7.60. The van der Waals surface area contributed by atoms with Crippen LogP contribution < -0.4 is 9.64 Å². The number of benzene rings is 1. The number of hydrogen-bond donors (Lipinski definition) is 2. The Kier molecular flexibility index (Phi) is 6.02. The lowest BCUT2D eigenvalue weighted by Gasteiger charge is -2.17. The average molecular weight is 294 g/mol. The van der Waals surface area contributed by atoms with Gasteiger partial charge in [-0.25, -0.2) is 4.79 Å². The van der Waals surface area contributed by atoms with Crippen molar-refractivity contribution < 1.29 is 24.3 Å². The largest absolute Gasteiger partial charge is 0.491 e. The first-order valence-corrected chi connectivity index (χ1v) is 7.60. The molecule has 5 nitrogen and oxygen atoms in total. The summed E-state index contributed by atoms with van der Waals surface area (Å²) in [7, 11) is 0. The summed E-state index contributed by atoms with van der Waals surface area (Å²) in [6.07, 6.45) is 2.04. The van der Waals surface area contributed by atoms with E-state index in [9.17, 15) is 9.90 Å². The maximum Gasteiger partial charge on any atom is 0.338 e. The van der Waals surface area contributed by atoms with Crippen molar-refractivity contribution in [1.82, 2.24) is 0 Å². The summed E-state index contributed by atoms with van der Waals surface area (Å²) >= 11 is 0. The first-order chi connectivity index (χ1) is 10.2. The van der Waals surface area contributed by atoms with E-state index in [1.54, 1.807) is 31.2 Å². The molecule has 1 aliphatic rings. The van der Waals surface area contributed by atoms with Gasteiger partial charge in [0.05, 0.1) is 25.3 Å². The highest BCUT2D eigenvalue weighted by Crippen LogP contribution is 2.13. The maximum atomic E-state index is 11.5. The Morgan fingerprint density at radius 1 is 1.29 bits per heavy atom. The fourth-order valence-corrected chi connectivity index (χ4v) is 2.57. The van der Waals surface area contributed by atoms with Gasteiger partial charge in [-0.3, -0.25) is 0 Å². The van der Waals surface area contributed by atoms with Crippen LogP contribution in [0.3, 0.4) is 0 Å². The third-order valence-corrected chi connectivity index (χ3v) is 3.64. The number of carbonyl (C=O) groups is 1. The second kappa shape index (κ2) is 8.00. The fraction of sp³-hybridized carbons (Fsp3) is 0.562. The highest BCUT2D eigenvalue weighted by atomic mass is 16.5. The second-order valence-corrected chi connectivity index (χ2v) is 5.37. The van der Waals surface area contributed by atoms with Gasteiger partial charge in [-0.05, 0) is 31.2 Å². The van der Waals surface area contributed by atoms with Crippen LogP contribution in [0, 0.1) is 0 Å². The number of nitrogens with one attached hydrogen (secondary N) is 1. The molecule has 0 unspecified atom stereocenters. The van der Waals surface area contributed by atoms with Crippen molar-refractivity contribution in [3.05, 3.63) is 29.8 Å². The van der Waals surface area contributed by atoms with Crippen molar-refractivity contribution in [1.29, 1.82) is 0 Å². The van der Waals surface area contributed by atoms with Gasteiger partial charge >= 0.3 is 5.97 Å². The highest BCUT2D eigenvalue weighted by Gasteiger charge is 2.19. The van der Waals surface area contributed by atoms with Crippen molar-refractivity contribution >= 4 is 5.97 Å². The van der Waals surface area contributed by atoms with Gasteiger partial charge in [-0.2, -0.15) is 0 Å². The molecule has 1 aromatic rings. The van der Waals surface area contributed by atoms with Crippen LogP contribution in [0.25, 0.3) is 0 Å². The van der Waals surface area contributed by atoms with Crippen molar-refractivity contribution in [2.45, 2.75) is 25.9 Å². The predicted octanol–water partition coefficient (Wildman–Crippen LogP) is 0.282. The molecule has 0 aromatic heterocycles. The molecule has 5 heteroatoms. The Morgan fingerprint density at radius 3 is 2.57 bits per heavy atom. The van der Waals surface area contributed by atoms with E-state index in [0.29, 0.717) is 17.9 Å². The Morgan fingerprint density at radius 2 is 1.95 bits per heavy atom. The summed E-state index contributed by atoms with van der Waals surface area (Å²) in [5.41, 5.74) is 0.506. The molecule has 116 valence electrons. The summed E-state index contributed by atoms with van der Waals surface area (Å²) in [6.45, 7) is 5.45. The Hall–Kier alpha value is -1.59. The summed E-state index contributed by atoms with van der Waals surface area (Å²) < 4.78 is 10.5. The third kappa shape index (κ3) is 5.02. The van der Waals surface area contributed by atoms with Gasteiger partial charge in [-0.1, -0.05) is 0 Å². The minimum Gasteiger partial charge on any atom is -0.491 e. The van der Waals surface area contributed by atoms with Gasteiger partial charge < -0.3 is 19.5 Å². The molecule has 0 saturated carbocycles. The molecule has 1 atom stereocenters. The minimum absolute atomic E-state index is 0.280. The van der Waals surface area contributed by atoms with Crippen molar-refractivity contribution in [2.24, 2.45) is 0 Å². The monoisotopic (exact) mass is 294 g/mol. The van der Waals surface area contributed by atoms with Gasteiger partial charge in [0, 0.05) is 12.8 Å². The van der Waals surface area contributed by atoms with Crippen molar-refractivity contribution in [3.63, 3.8) is 0 Å². The van der Waals surface area contributed by atoms with E-state index in [0.717, 1.165) is 19.6 Å². The standard InChI is InChI=1S/C16H23NO4/c1-2-20-16(19)13-5-7-15(8-6-13)21-12-14(18)11-17-9-3-4-10-17/h5-8,14,18H,2-4,9-12H2,1H3/p+1/t14-/m1/s1. The number of aliphatic hydroxyl groups excluding tert-OH is 1. The number of quaternary nitrogens is 1. The zero-order valence-corrected chi connectivity index (χ0v) is 12.5. The van der Waals surface area contributed by atoms with Crippen molar-refractivity contribution in [3.8, 4) is 5.75 Å². The van der Waals surface area contributed by atoms with Gasteiger partial charge in [0.25, 0.3) is 0 Å². The average Bonchev–Trinajstić information content (AvgIpc) is 2.99. The number of esters is 1. The van der Waals surface area contributed by atoms with Crippen LogP contribution in [0.1, 0.15) is 30.1 Å². The zero-order chi connectivity index (χ0) is 15.1. The van der Waals surface area contributed by atoms with E-state index in [1.165, 1.54) is 17.7 Å². The van der Waals surface area contributed by atoms with Gasteiger partial charge in [0.1, 0.15) is 25.0 Å². The summed E-state index contributed by atoms with van der Waals surface area (Å²) in [5, 5.41) is 9.96. The molecule has 1 fully saturated rings. The summed E-state index contributed by atoms with van der Waals surface area (Å²) in [6, 6.07) is 6.79. The Balaban J connectivity index is 1.76. The van der Waals surface area contributed by atoms with Gasteiger partial charge in [0.15, 0.2) is 0 Å². The Bertz CT molecular complexity index is 440. The number of ether oxygens (including phenoxy) is 2. The number of likely N-dealkylation sites (tertiary alicyclic amines) is 1. The van der Waals surface area contributed by atoms with Crippen LogP contribution in [-0.2, 0) is 4.74 Å². The molecule has 21 heavy (non-hydrogen) atoms. The topological polar surface area (TPSA) is 60.2 Å². The second-order valence-electron chi connectivity index (χ2n) is 5.37. The van der Waals surface area contributed by atoms with Crippen LogP contribution >= 0.6 is 0 Å². The molecular formula is C16H24NO4+. The summed E-state index contributed by atoms with van der Waals surface area (Å²) in [5.74, 6) is 0.320. The molecule has 2 N–H and O–H groups in total. The van der Waals surface area contributed by atoms with E-state index < -0.39 is 6.10 Å². The number of hydrogen-bond acceptors (Lipinski definition) is 4. The molecule has 1 aromatic carbocycles. The van der Waals surface area contributed by atoms with Crippen LogP contribution in [0.2, 0.25) is 0 Å². The molecule has 0 spiro atoms. The quantitative estimate of drug-likeness (QED) is 0.709.